The number of halogens is 2. The number of pyridine rings is 1. The zero-order valence-corrected chi connectivity index (χ0v) is 21.3. The van der Waals surface area contributed by atoms with Crippen molar-refractivity contribution >= 4 is 46.3 Å². The van der Waals surface area contributed by atoms with Crippen LogP contribution in [0.25, 0.3) is 0 Å². The Morgan fingerprint density at radius 3 is 2.03 bits per heavy atom. The molecule has 1 N–H and O–H groups in total. The van der Waals surface area contributed by atoms with Crippen LogP contribution in [0.4, 0.5) is 0 Å². The summed E-state index contributed by atoms with van der Waals surface area (Å²) in [4.78, 5) is 17.5. The van der Waals surface area contributed by atoms with E-state index in [-0.39, 0.29) is 29.5 Å². The first-order valence-corrected chi connectivity index (χ1v) is 11.8. The fourth-order valence-corrected chi connectivity index (χ4v) is 4.36. The van der Waals surface area contributed by atoms with E-state index >= 15 is 0 Å². The lowest BCUT2D eigenvalue weighted by Gasteiger charge is -2.26. The second kappa shape index (κ2) is 11.6. The van der Waals surface area contributed by atoms with E-state index in [1.807, 2.05) is 55.5 Å². The Balaban J connectivity index is 1.76. The molecule has 0 bridgehead atoms. The van der Waals surface area contributed by atoms with Gasteiger partial charge in [0, 0.05) is 33.1 Å². The Labute approximate surface area is 214 Å². The molecule has 0 spiro atoms. The number of esters is 1. The first-order valence-electron chi connectivity index (χ1n) is 10.7. The number of benzene rings is 2. The summed E-state index contributed by atoms with van der Waals surface area (Å²) in [7, 11) is 1.45. The van der Waals surface area contributed by atoms with Gasteiger partial charge < -0.3 is 14.6 Å². The Bertz CT molecular complexity index is 1110. The molecule has 0 amide bonds. The molecule has 0 fully saturated rings. The largest absolute Gasteiger partial charge is 0.503 e. The predicted octanol–water partition coefficient (Wildman–Crippen LogP) is 6.61. The van der Waals surface area contributed by atoms with Gasteiger partial charge in [-0.25, -0.2) is 0 Å². The third-order valence-corrected chi connectivity index (χ3v) is 6.36. The average Bonchev–Trinajstić information content (AvgIpc) is 2.81. The van der Waals surface area contributed by atoms with Crippen molar-refractivity contribution in [3.63, 3.8) is 0 Å². The van der Waals surface area contributed by atoms with Crippen LogP contribution >= 0.6 is 35.4 Å². The molecule has 3 aromatic rings. The molecule has 2 aromatic carbocycles. The minimum atomic E-state index is -0.543. The molecule has 0 unspecified atom stereocenters. The lowest BCUT2D eigenvalue weighted by Crippen LogP contribution is -2.27. The van der Waals surface area contributed by atoms with Gasteiger partial charge in [-0.3, -0.25) is 9.78 Å². The summed E-state index contributed by atoms with van der Waals surface area (Å²) in [6, 6.07) is 16.4. The summed E-state index contributed by atoms with van der Waals surface area (Å²) >= 11 is 17.6. The molecule has 0 saturated carbocycles. The van der Waals surface area contributed by atoms with Crippen molar-refractivity contribution in [2.45, 2.75) is 32.3 Å². The Morgan fingerprint density at radius 2 is 1.53 bits per heavy atom. The van der Waals surface area contributed by atoms with E-state index in [9.17, 15) is 9.90 Å². The lowest BCUT2D eigenvalue weighted by atomic mass is 9.87. The highest BCUT2D eigenvalue weighted by Gasteiger charge is 2.28. The van der Waals surface area contributed by atoms with Crippen molar-refractivity contribution in [1.82, 2.24) is 4.98 Å². The van der Waals surface area contributed by atoms with Crippen LogP contribution in [-0.2, 0) is 9.53 Å². The number of carbonyl (C=O) groups is 1. The minimum absolute atomic E-state index is 0.144. The van der Waals surface area contributed by atoms with Gasteiger partial charge >= 0.3 is 5.97 Å². The van der Waals surface area contributed by atoms with Crippen molar-refractivity contribution in [3.05, 3.63) is 87.7 Å². The standard InChI is InChI=1S/C26H25Cl2NO4S/c1-15(14-22(34)24-25(30)21(32-3)12-13-29-24)26(31)33-16(2)23(17-4-8-19(27)9-5-17)18-6-10-20(28)11-7-18/h4-13,15-16,23,30H,14H2,1-3H3/t15-,16+/m1/s1. The Morgan fingerprint density at radius 1 is 1.00 bits per heavy atom. The summed E-state index contributed by atoms with van der Waals surface area (Å²) in [5, 5.41) is 11.6. The molecule has 1 aromatic heterocycles. The van der Waals surface area contributed by atoms with Crippen molar-refractivity contribution in [2.24, 2.45) is 5.92 Å². The Kier molecular flexibility index (Phi) is 8.89. The summed E-state index contributed by atoms with van der Waals surface area (Å²) < 4.78 is 11.0. The molecule has 0 saturated heterocycles. The third-order valence-electron chi connectivity index (χ3n) is 5.49. The second-order valence-electron chi connectivity index (χ2n) is 7.96. The highest BCUT2D eigenvalue weighted by molar-refractivity contribution is 7.80. The zero-order valence-electron chi connectivity index (χ0n) is 19.0. The van der Waals surface area contributed by atoms with Crippen LogP contribution in [0.15, 0.2) is 60.8 Å². The fourth-order valence-electron chi connectivity index (χ4n) is 3.71. The number of rotatable bonds is 9. The van der Waals surface area contributed by atoms with Gasteiger partial charge in [0.2, 0.25) is 0 Å². The first kappa shape index (κ1) is 25.9. The van der Waals surface area contributed by atoms with E-state index in [0.717, 1.165) is 11.1 Å². The van der Waals surface area contributed by atoms with Crippen LogP contribution in [0.2, 0.25) is 10.0 Å². The molecule has 0 radical (unpaired) electrons. The number of methoxy groups -OCH3 is 1. The molecule has 2 atom stereocenters. The summed E-state index contributed by atoms with van der Waals surface area (Å²) in [6.07, 6.45) is 1.21. The van der Waals surface area contributed by atoms with Gasteiger partial charge in [0.05, 0.1) is 13.0 Å². The maximum Gasteiger partial charge on any atom is 0.309 e. The van der Waals surface area contributed by atoms with Gasteiger partial charge in [-0.15, -0.1) is 0 Å². The van der Waals surface area contributed by atoms with Gasteiger partial charge in [-0.05, 0) is 48.7 Å². The van der Waals surface area contributed by atoms with Gasteiger partial charge in [-0.2, -0.15) is 0 Å². The molecular formula is C26H25Cl2NO4S. The third kappa shape index (κ3) is 6.26. The SMILES string of the molecule is COc1ccnc(C(=S)C[C@@H](C)C(=O)O[C@@H](C)C(c2ccc(Cl)cc2)c2ccc(Cl)cc2)c1O. The summed E-state index contributed by atoms with van der Waals surface area (Å²) in [5.41, 5.74) is 2.14. The van der Waals surface area contributed by atoms with E-state index in [2.05, 4.69) is 4.98 Å². The lowest BCUT2D eigenvalue weighted by molar-refractivity contribution is -0.153. The van der Waals surface area contributed by atoms with E-state index in [1.165, 1.54) is 19.4 Å². The van der Waals surface area contributed by atoms with Crippen LogP contribution in [0.3, 0.4) is 0 Å². The molecular weight excluding hydrogens is 493 g/mol. The van der Waals surface area contributed by atoms with Crippen LogP contribution in [-0.4, -0.2) is 34.1 Å². The molecule has 8 heteroatoms. The minimum Gasteiger partial charge on any atom is -0.503 e. The van der Waals surface area contributed by atoms with Gasteiger partial charge in [0.1, 0.15) is 11.8 Å². The van der Waals surface area contributed by atoms with E-state index < -0.39 is 18.0 Å². The van der Waals surface area contributed by atoms with Crippen LogP contribution in [0.1, 0.15) is 43.0 Å². The monoisotopic (exact) mass is 517 g/mol. The quantitative estimate of drug-likeness (QED) is 0.195. The highest BCUT2D eigenvalue weighted by Crippen LogP contribution is 2.33. The number of ether oxygens (including phenoxy) is 2. The average molecular weight is 518 g/mol. The van der Waals surface area contributed by atoms with E-state index in [0.29, 0.717) is 14.9 Å². The molecule has 0 aliphatic heterocycles. The van der Waals surface area contributed by atoms with E-state index in [1.54, 1.807) is 6.92 Å². The van der Waals surface area contributed by atoms with Crippen LogP contribution < -0.4 is 4.74 Å². The second-order valence-corrected chi connectivity index (χ2v) is 9.33. The normalized spacial score (nSPS) is 12.8. The van der Waals surface area contributed by atoms with Gasteiger partial charge in [0.25, 0.3) is 0 Å². The number of hydrogen-bond acceptors (Lipinski definition) is 6. The summed E-state index contributed by atoms with van der Waals surface area (Å²) in [5.74, 6) is -1.04. The van der Waals surface area contributed by atoms with Gasteiger partial charge in [0.15, 0.2) is 11.5 Å². The zero-order chi connectivity index (χ0) is 24.8. The molecule has 0 aliphatic rings. The maximum absolute atomic E-state index is 13.0. The maximum atomic E-state index is 13.0. The summed E-state index contributed by atoms with van der Waals surface area (Å²) in [6.45, 7) is 3.59. The highest BCUT2D eigenvalue weighted by atomic mass is 35.5. The molecule has 178 valence electrons. The number of hydrogen-bond donors (Lipinski definition) is 1. The number of aromatic hydroxyl groups is 1. The molecule has 34 heavy (non-hydrogen) atoms. The number of carbonyl (C=O) groups excluding carboxylic acids is 1. The smallest absolute Gasteiger partial charge is 0.309 e. The van der Waals surface area contributed by atoms with Crippen molar-refractivity contribution in [3.8, 4) is 11.5 Å². The topological polar surface area (TPSA) is 68.7 Å². The number of thiocarbonyl (C=S) groups is 1. The number of aromatic nitrogens is 1. The fraction of sp³-hybridized carbons (Fsp3) is 0.269. The van der Waals surface area contributed by atoms with Crippen LogP contribution in [0.5, 0.6) is 11.5 Å². The molecule has 0 aliphatic carbocycles. The molecule has 5 nitrogen and oxygen atoms in total. The first-order chi connectivity index (χ1) is 16.2. The van der Waals surface area contributed by atoms with Crippen molar-refractivity contribution < 1.29 is 19.4 Å². The van der Waals surface area contributed by atoms with E-state index in [4.69, 9.17) is 44.9 Å². The predicted molar refractivity (Wildman–Crippen MR) is 138 cm³/mol. The van der Waals surface area contributed by atoms with Crippen molar-refractivity contribution in [2.75, 3.05) is 7.11 Å². The molecule has 3 rings (SSSR count). The van der Waals surface area contributed by atoms with Crippen molar-refractivity contribution in [1.29, 1.82) is 0 Å². The Hall–Kier alpha value is -2.67. The molecule has 1 heterocycles. The van der Waals surface area contributed by atoms with Gasteiger partial charge in [-0.1, -0.05) is 66.6 Å². The van der Waals surface area contributed by atoms with Crippen LogP contribution in [0, 0.1) is 5.92 Å². The number of nitrogens with zero attached hydrogens (tertiary/aromatic N) is 1.